The number of hydrogen-bond acceptors (Lipinski definition) is 4. The van der Waals surface area contributed by atoms with E-state index in [1.54, 1.807) is 18.4 Å². The summed E-state index contributed by atoms with van der Waals surface area (Å²) in [6.07, 6.45) is 3.59. The summed E-state index contributed by atoms with van der Waals surface area (Å²) in [6.45, 7) is 6.34. The van der Waals surface area contributed by atoms with Crippen LogP contribution >= 0.6 is 35.3 Å². The largest absolute Gasteiger partial charge is 0.379 e. The number of nitrogens with zero attached hydrogens (tertiary/aromatic N) is 1. The summed E-state index contributed by atoms with van der Waals surface area (Å²) in [7, 11) is 1.80. The maximum Gasteiger partial charge on any atom is 0.190 e. The molecule has 0 bridgehead atoms. The Hall–Kier alpha value is -0.380. The van der Waals surface area contributed by atoms with Gasteiger partial charge in [-0.05, 0) is 47.6 Å². The van der Waals surface area contributed by atoms with Crippen molar-refractivity contribution in [3.8, 4) is 0 Å². The molecule has 0 radical (unpaired) electrons. The fourth-order valence-corrected chi connectivity index (χ4v) is 3.30. The molecule has 2 rings (SSSR count). The fraction of sp³-hybridized carbons (Fsp3) is 0.706. The fourth-order valence-electron chi connectivity index (χ4n) is 2.52. The highest BCUT2D eigenvalue weighted by Crippen LogP contribution is 2.16. The Labute approximate surface area is 166 Å². The third kappa shape index (κ3) is 8.13. The molecule has 0 saturated carbocycles. The number of aliphatic imine (C=N–C) groups is 1. The molecule has 0 spiro atoms. The molecule has 5 nitrogen and oxygen atoms in total. The van der Waals surface area contributed by atoms with Crippen LogP contribution in [0.2, 0.25) is 0 Å². The van der Waals surface area contributed by atoms with Crippen molar-refractivity contribution in [1.29, 1.82) is 0 Å². The Kier molecular flexibility index (Phi) is 11.7. The lowest BCUT2D eigenvalue weighted by molar-refractivity contribution is 0.0168. The molecule has 1 aliphatic rings. The lowest BCUT2D eigenvalue weighted by atomic mass is 10.1. The Morgan fingerprint density at radius 3 is 3.04 bits per heavy atom. The van der Waals surface area contributed by atoms with Crippen molar-refractivity contribution >= 4 is 41.3 Å². The SMILES string of the molecule is CN=C(NCCCOCC1CCCO1)NCC(C)c1ccsc1.I. The quantitative estimate of drug-likeness (QED) is 0.254. The monoisotopic (exact) mass is 467 g/mol. The Morgan fingerprint density at radius 1 is 1.50 bits per heavy atom. The topological polar surface area (TPSA) is 54.9 Å². The molecule has 2 N–H and O–H groups in total. The van der Waals surface area contributed by atoms with Crippen molar-refractivity contribution in [2.75, 3.05) is 40.0 Å². The van der Waals surface area contributed by atoms with Crippen molar-refractivity contribution in [2.24, 2.45) is 4.99 Å². The molecular formula is C17H30IN3O2S. The van der Waals surface area contributed by atoms with Gasteiger partial charge in [0.05, 0.1) is 12.7 Å². The average molecular weight is 467 g/mol. The van der Waals surface area contributed by atoms with Gasteiger partial charge in [0.25, 0.3) is 0 Å². The molecule has 1 fully saturated rings. The molecule has 2 unspecified atom stereocenters. The van der Waals surface area contributed by atoms with Gasteiger partial charge in [-0.2, -0.15) is 11.3 Å². The van der Waals surface area contributed by atoms with Crippen LogP contribution < -0.4 is 10.6 Å². The van der Waals surface area contributed by atoms with Crippen LogP contribution in [0.3, 0.4) is 0 Å². The van der Waals surface area contributed by atoms with Gasteiger partial charge in [0, 0.05) is 33.4 Å². The van der Waals surface area contributed by atoms with Gasteiger partial charge in [-0.1, -0.05) is 6.92 Å². The van der Waals surface area contributed by atoms with Crippen LogP contribution in [0, 0.1) is 0 Å². The molecule has 2 atom stereocenters. The summed E-state index contributed by atoms with van der Waals surface area (Å²) in [6, 6.07) is 2.18. The molecule has 1 aliphatic heterocycles. The molecule has 0 aliphatic carbocycles. The van der Waals surface area contributed by atoms with Crippen molar-refractivity contribution in [2.45, 2.75) is 38.2 Å². The van der Waals surface area contributed by atoms with E-state index in [4.69, 9.17) is 9.47 Å². The average Bonchev–Trinajstić information content (AvgIpc) is 3.26. The van der Waals surface area contributed by atoms with Crippen molar-refractivity contribution in [1.82, 2.24) is 10.6 Å². The first kappa shape index (κ1) is 21.7. The minimum absolute atomic E-state index is 0. The summed E-state index contributed by atoms with van der Waals surface area (Å²) >= 11 is 1.74. The third-order valence-corrected chi connectivity index (χ3v) is 4.70. The molecular weight excluding hydrogens is 437 g/mol. The highest BCUT2D eigenvalue weighted by atomic mass is 127. The van der Waals surface area contributed by atoms with Gasteiger partial charge in [-0.15, -0.1) is 24.0 Å². The van der Waals surface area contributed by atoms with Gasteiger partial charge in [0.2, 0.25) is 0 Å². The van der Waals surface area contributed by atoms with Crippen LogP contribution in [0.15, 0.2) is 21.8 Å². The first-order chi connectivity index (χ1) is 11.3. The lowest BCUT2D eigenvalue weighted by Crippen LogP contribution is -2.39. The summed E-state index contributed by atoms with van der Waals surface area (Å²) < 4.78 is 11.2. The summed E-state index contributed by atoms with van der Waals surface area (Å²) in [5.41, 5.74) is 1.38. The van der Waals surface area contributed by atoms with E-state index in [2.05, 4.69) is 39.4 Å². The molecule has 0 aromatic carbocycles. The lowest BCUT2D eigenvalue weighted by Gasteiger charge is -2.15. The molecule has 1 aromatic heterocycles. The zero-order chi connectivity index (χ0) is 16.3. The number of halogens is 1. The zero-order valence-corrected chi connectivity index (χ0v) is 17.8. The predicted octanol–water partition coefficient (Wildman–Crippen LogP) is 3.22. The number of rotatable bonds is 9. The smallest absolute Gasteiger partial charge is 0.190 e. The Balaban J connectivity index is 0.00000288. The molecule has 0 amide bonds. The normalized spacial score (nSPS) is 18.9. The van der Waals surface area contributed by atoms with E-state index in [1.165, 1.54) is 12.0 Å². The van der Waals surface area contributed by atoms with E-state index in [9.17, 15) is 0 Å². The first-order valence-electron chi connectivity index (χ1n) is 8.45. The zero-order valence-electron chi connectivity index (χ0n) is 14.6. The second kappa shape index (κ2) is 12.9. The second-order valence-electron chi connectivity index (χ2n) is 5.90. The summed E-state index contributed by atoms with van der Waals surface area (Å²) in [5, 5.41) is 11.0. The predicted molar refractivity (Wildman–Crippen MR) is 112 cm³/mol. The van der Waals surface area contributed by atoms with E-state index in [0.717, 1.165) is 51.7 Å². The summed E-state index contributed by atoms with van der Waals surface area (Å²) in [4.78, 5) is 4.26. The maximum atomic E-state index is 5.66. The van der Waals surface area contributed by atoms with Gasteiger partial charge in [0.1, 0.15) is 0 Å². The molecule has 1 saturated heterocycles. The van der Waals surface area contributed by atoms with Crippen LogP contribution in [0.1, 0.15) is 37.7 Å². The van der Waals surface area contributed by atoms with Crippen LogP contribution in [0.5, 0.6) is 0 Å². The first-order valence-corrected chi connectivity index (χ1v) is 9.40. The Morgan fingerprint density at radius 2 is 2.38 bits per heavy atom. The van der Waals surface area contributed by atoms with E-state index >= 15 is 0 Å². The summed E-state index contributed by atoms with van der Waals surface area (Å²) in [5.74, 6) is 1.33. The van der Waals surface area contributed by atoms with Gasteiger partial charge >= 0.3 is 0 Å². The van der Waals surface area contributed by atoms with Crippen LogP contribution in [-0.4, -0.2) is 52.0 Å². The molecule has 138 valence electrons. The number of hydrogen-bond donors (Lipinski definition) is 2. The van der Waals surface area contributed by atoms with Crippen molar-refractivity contribution in [3.05, 3.63) is 22.4 Å². The molecule has 24 heavy (non-hydrogen) atoms. The highest BCUT2D eigenvalue weighted by Gasteiger charge is 2.14. The molecule has 2 heterocycles. The minimum atomic E-state index is 0. The van der Waals surface area contributed by atoms with E-state index < -0.39 is 0 Å². The number of nitrogens with one attached hydrogen (secondary N) is 2. The number of ether oxygens (including phenoxy) is 2. The number of guanidine groups is 1. The van der Waals surface area contributed by atoms with E-state index in [-0.39, 0.29) is 24.0 Å². The standard InChI is InChI=1S/C17H29N3O2S.HI/c1-14(15-6-10-23-13-15)11-20-17(18-2)19-7-4-8-21-12-16-5-3-9-22-16;/h6,10,13-14,16H,3-5,7-9,11-12H2,1-2H3,(H2,18,19,20);1H. The minimum Gasteiger partial charge on any atom is -0.379 e. The van der Waals surface area contributed by atoms with Gasteiger partial charge in [-0.3, -0.25) is 4.99 Å². The van der Waals surface area contributed by atoms with Gasteiger partial charge < -0.3 is 20.1 Å². The van der Waals surface area contributed by atoms with Crippen molar-refractivity contribution < 1.29 is 9.47 Å². The van der Waals surface area contributed by atoms with Gasteiger partial charge in [-0.25, -0.2) is 0 Å². The molecule has 7 heteroatoms. The van der Waals surface area contributed by atoms with Crippen LogP contribution in [0.4, 0.5) is 0 Å². The third-order valence-electron chi connectivity index (χ3n) is 4.00. The van der Waals surface area contributed by atoms with Gasteiger partial charge in [0.15, 0.2) is 5.96 Å². The van der Waals surface area contributed by atoms with Crippen LogP contribution in [-0.2, 0) is 9.47 Å². The number of thiophene rings is 1. The molecule has 1 aromatic rings. The second-order valence-corrected chi connectivity index (χ2v) is 6.68. The van der Waals surface area contributed by atoms with E-state index in [1.807, 2.05) is 0 Å². The highest BCUT2D eigenvalue weighted by molar-refractivity contribution is 14.0. The van der Waals surface area contributed by atoms with Crippen LogP contribution in [0.25, 0.3) is 0 Å². The maximum absolute atomic E-state index is 5.66. The van der Waals surface area contributed by atoms with Crippen molar-refractivity contribution in [3.63, 3.8) is 0 Å². The van der Waals surface area contributed by atoms with E-state index in [0.29, 0.717) is 12.0 Å². The Bertz CT molecular complexity index is 451.